The van der Waals surface area contributed by atoms with Gasteiger partial charge in [-0.15, -0.1) is 5.10 Å². The maximum atomic E-state index is 12.3. The normalized spacial score (nSPS) is 11.4. The van der Waals surface area contributed by atoms with Crippen molar-refractivity contribution in [2.24, 2.45) is 0 Å². The van der Waals surface area contributed by atoms with Gasteiger partial charge in [-0.25, -0.2) is 22.5 Å². The van der Waals surface area contributed by atoms with Crippen LogP contribution in [0.2, 0.25) is 0 Å². The Kier molecular flexibility index (Phi) is 5.28. The molecule has 0 aliphatic rings. The molecular formula is C17H17N5O4S. The molecule has 0 fully saturated rings. The fourth-order valence-corrected chi connectivity index (χ4v) is 3.38. The molecular weight excluding hydrogens is 370 g/mol. The van der Waals surface area contributed by atoms with Gasteiger partial charge in [0.25, 0.3) is 5.56 Å². The van der Waals surface area contributed by atoms with Crippen molar-refractivity contribution in [3.8, 4) is 5.82 Å². The van der Waals surface area contributed by atoms with Gasteiger partial charge >= 0.3 is 0 Å². The van der Waals surface area contributed by atoms with Crippen molar-refractivity contribution in [3.05, 3.63) is 70.8 Å². The molecule has 1 N–H and O–H groups in total. The van der Waals surface area contributed by atoms with E-state index in [0.29, 0.717) is 11.4 Å². The summed E-state index contributed by atoms with van der Waals surface area (Å²) in [4.78, 5) is 23.2. The Bertz CT molecular complexity index is 1100. The molecule has 0 atom stereocenters. The van der Waals surface area contributed by atoms with Crippen molar-refractivity contribution in [3.63, 3.8) is 0 Å². The average molecular weight is 387 g/mol. The van der Waals surface area contributed by atoms with Crippen LogP contribution in [0.5, 0.6) is 0 Å². The monoisotopic (exact) mass is 387 g/mol. The predicted molar refractivity (Wildman–Crippen MR) is 97.3 cm³/mol. The van der Waals surface area contributed by atoms with Gasteiger partial charge < -0.3 is 0 Å². The Labute approximate surface area is 155 Å². The Morgan fingerprint density at radius 1 is 1.15 bits per heavy atom. The highest BCUT2D eigenvalue weighted by Crippen LogP contribution is 2.10. The Hall–Kier alpha value is -3.11. The van der Waals surface area contributed by atoms with Gasteiger partial charge in [-0.2, -0.15) is 5.10 Å². The van der Waals surface area contributed by atoms with Gasteiger partial charge in [0, 0.05) is 30.6 Å². The van der Waals surface area contributed by atoms with Gasteiger partial charge in [-0.05, 0) is 31.2 Å². The molecule has 0 aliphatic carbocycles. The number of nitrogens with one attached hydrogen (secondary N) is 1. The van der Waals surface area contributed by atoms with E-state index in [9.17, 15) is 18.0 Å². The predicted octanol–water partition coefficient (Wildman–Crippen LogP) is 0.610. The lowest BCUT2D eigenvalue weighted by atomic mass is 10.2. The zero-order chi connectivity index (χ0) is 19.4. The van der Waals surface area contributed by atoms with Crippen LogP contribution < -0.4 is 10.3 Å². The van der Waals surface area contributed by atoms with E-state index < -0.39 is 10.0 Å². The number of aromatic nitrogens is 4. The summed E-state index contributed by atoms with van der Waals surface area (Å²) in [6.45, 7) is 1.44. The van der Waals surface area contributed by atoms with Crippen LogP contribution in [0.25, 0.3) is 5.82 Å². The number of rotatable bonds is 7. The number of hydrogen-bond acceptors (Lipinski definition) is 6. The second kappa shape index (κ2) is 7.64. The lowest BCUT2D eigenvalue weighted by Gasteiger charge is -2.09. The lowest BCUT2D eigenvalue weighted by Crippen LogP contribution is -2.32. The molecule has 9 nitrogen and oxygen atoms in total. The summed E-state index contributed by atoms with van der Waals surface area (Å²) < 4.78 is 29.7. The summed E-state index contributed by atoms with van der Waals surface area (Å²) in [6, 6.07) is 10.2. The summed E-state index contributed by atoms with van der Waals surface area (Å²) in [6.07, 6.45) is 3.27. The van der Waals surface area contributed by atoms with Crippen molar-refractivity contribution in [1.82, 2.24) is 24.3 Å². The molecule has 2 heterocycles. The molecule has 0 bridgehead atoms. The number of ketones is 1. The van der Waals surface area contributed by atoms with Gasteiger partial charge in [0.1, 0.15) is 0 Å². The molecule has 0 spiro atoms. The van der Waals surface area contributed by atoms with Crippen LogP contribution in [-0.4, -0.2) is 40.3 Å². The molecule has 2 aromatic heterocycles. The second-order valence-electron chi connectivity index (χ2n) is 5.68. The summed E-state index contributed by atoms with van der Waals surface area (Å²) in [5, 5.41) is 8.21. The molecule has 0 aliphatic heterocycles. The van der Waals surface area contributed by atoms with Crippen molar-refractivity contribution in [2.75, 3.05) is 6.54 Å². The van der Waals surface area contributed by atoms with E-state index in [1.807, 2.05) is 0 Å². The van der Waals surface area contributed by atoms with Crippen LogP contribution >= 0.6 is 0 Å². The van der Waals surface area contributed by atoms with Crippen molar-refractivity contribution < 1.29 is 13.2 Å². The standard InChI is InChI=1S/C17H17N5O4S/c1-13(23)14-3-5-15(6-4-14)27(25,26)19-10-12-22-17(24)8-7-16(20-22)21-11-2-9-18-21/h2-9,11,19H,10,12H2,1H3. The van der Waals surface area contributed by atoms with E-state index in [-0.39, 0.29) is 29.3 Å². The smallest absolute Gasteiger partial charge is 0.266 e. The van der Waals surface area contributed by atoms with Crippen LogP contribution in [0.1, 0.15) is 17.3 Å². The number of Topliss-reactive ketones (excluding diaryl/α,β-unsaturated/α-hetero) is 1. The number of carbonyl (C=O) groups excluding carboxylic acids is 1. The minimum absolute atomic E-state index is 0.0216. The number of hydrogen-bond donors (Lipinski definition) is 1. The molecule has 1 aromatic carbocycles. The molecule has 0 amide bonds. The Balaban J connectivity index is 1.69. The molecule has 0 saturated carbocycles. The zero-order valence-electron chi connectivity index (χ0n) is 14.4. The molecule has 140 valence electrons. The topological polar surface area (TPSA) is 116 Å². The number of nitrogens with zero attached hydrogens (tertiary/aromatic N) is 4. The molecule has 3 rings (SSSR count). The Morgan fingerprint density at radius 3 is 2.52 bits per heavy atom. The van der Waals surface area contributed by atoms with Crippen LogP contribution in [-0.2, 0) is 16.6 Å². The highest BCUT2D eigenvalue weighted by molar-refractivity contribution is 7.89. The number of benzene rings is 1. The third kappa shape index (κ3) is 4.36. The number of sulfonamides is 1. The van der Waals surface area contributed by atoms with E-state index in [2.05, 4.69) is 14.9 Å². The van der Waals surface area contributed by atoms with E-state index in [1.54, 1.807) is 18.5 Å². The quantitative estimate of drug-likeness (QED) is 0.594. The maximum Gasteiger partial charge on any atom is 0.266 e. The first-order valence-corrected chi connectivity index (χ1v) is 9.54. The third-order valence-corrected chi connectivity index (χ3v) is 5.26. The molecule has 0 unspecified atom stereocenters. The fourth-order valence-electron chi connectivity index (χ4n) is 2.36. The molecule has 0 radical (unpaired) electrons. The summed E-state index contributed by atoms with van der Waals surface area (Å²) in [7, 11) is -3.76. The fraction of sp³-hybridized carbons (Fsp3) is 0.176. The van der Waals surface area contributed by atoms with Gasteiger partial charge in [-0.3, -0.25) is 9.59 Å². The summed E-state index contributed by atoms with van der Waals surface area (Å²) in [5.41, 5.74) is 0.0797. The van der Waals surface area contributed by atoms with Crippen LogP contribution in [0.3, 0.4) is 0 Å². The minimum Gasteiger partial charge on any atom is -0.295 e. The van der Waals surface area contributed by atoms with E-state index in [1.165, 1.54) is 52.7 Å². The number of carbonyl (C=O) groups is 1. The highest BCUT2D eigenvalue weighted by Gasteiger charge is 2.14. The molecule has 10 heteroatoms. The van der Waals surface area contributed by atoms with Crippen molar-refractivity contribution >= 4 is 15.8 Å². The van der Waals surface area contributed by atoms with Gasteiger partial charge in [0.2, 0.25) is 10.0 Å². The SMILES string of the molecule is CC(=O)c1ccc(S(=O)(=O)NCCn2nc(-n3cccn3)ccc2=O)cc1. The summed E-state index contributed by atoms with van der Waals surface area (Å²) in [5.74, 6) is 0.302. The lowest BCUT2D eigenvalue weighted by molar-refractivity contribution is 0.101. The summed E-state index contributed by atoms with van der Waals surface area (Å²) >= 11 is 0. The third-order valence-electron chi connectivity index (χ3n) is 3.78. The zero-order valence-corrected chi connectivity index (χ0v) is 15.3. The van der Waals surface area contributed by atoms with Crippen molar-refractivity contribution in [1.29, 1.82) is 0 Å². The Morgan fingerprint density at radius 2 is 1.89 bits per heavy atom. The van der Waals surface area contributed by atoms with Gasteiger partial charge in [-0.1, -0.05) is 12.1 Å². The van der Waals surface area contributed by atoms with E-state index in [0.717, 1.165) is 0 Å². The van der Waals surface area contributed by atoms with Crippen LogP contribution in [0.4, 0.5) is 0 Å². The van der Waals surface area contributed by atoms with Gasteiger partial charge in [0.15, 0.2) is 11.6 Å². The second-order valence-corrected chi connectivity index (χ2v) is 7.45. The molecule has 0 saturated heterocycles. The maximum absolute atomic E-state index is 12.3. The molecule has 27 heavy (non-hydrogen) atoms. The largest absolute Gasteiger partial charge is 0.295 e. The first kappa shape index (κ1) is 18.7. The van der Waals surface area contributed by atoms with Crippen LogP contribution in [0, 0.1) is 0 Å². The average Bonchev–Trinajstić information content (AvgIpc) is 3.18. The van der Waals surface area contributed by atoms with Crippen LogP contribution in [0.15, 0.2) is 64.5 Å². The van der Waals surface area contributed by atoms with E-state index >= 15 is 0 Å². The van der Waals surface area contributed by atoms with E-state index in [4.69, 9.17) is 0 Å². The first-order valence-electron chi connectivity index (χ1n) is 8.06. The first-order chi connectivity index (χ1) is 12.9. The molecule has 3 aromatic rings. The minimum atomic E-state index is -3.76. The highest BCUT2D eigenvalue weighted by atomic mass is 32.2. The van der Waals surface area contributed by atoms with Gasteiger partial charge in [0.05, 0.1) is 11.4 Å². The van der Waals surface area contributed by atoms with Crippen molar-refractivity contribution in [2.45, 2.75) is 18.4 Å².